The number of carbonyl (C=O) groups is 1. The van der Waals surface area contributed by atoms with Crippen LogP contribution in [0.5, 0.6) is 0 Å². The standard InChI is InChI=1S/C11H9FN2O3/c1-16-10(15)6-9-13-14-11(17-9)7-2-4-8(12)5-3-7/h2-5H,6H2,1H3. The number of carbonyl (C=O) groups excluding carboxylic acids is 1. The molecule has 2 aromatic rings. The number of aromatic nitrogens is 2. The monoisotopic (exact) mass is 236 g/mol. The lowest BCUT2D eigenvalue weighted by Crippen LogP contribution is -2.04. The highest BCUT2D eigenvalue weighted by atomic mass is 19.1. The van der Waals surface area contributed by atoms with Crippen LogP contribution in [0.25, 0.3) is 11.5 Å². The third-order valence-electron chi connectivity index (χ3n) is 2.08. The van der Waals surface area contributed by atoms with Crippen molar-refractivity contribution >= 4 is 5.97 Å². The molecule has 0 aliphatic heterocycles. The molecule has 0 atom stereocenters. The molecule has 1 aromatic heterocycles. The van der Waals surface area contributed by atoms with Gasteiger partial charge in [0.2, 0.25) is 11.8 Å². The van der Waals surface area contributed by atoms with Crippen molar-refractivity contribution in [3.63, 3.8) is 0 Å². The van der Waals surface area contributed by atoms with Crippen molar-refractivity contribution in [1.29, 1.82) is 0 Å². The van der Waals surface area contributed by atoms with Crippen LogP contribution < -0.4 is 0 Å². The van der Waals surface area contributed by atoms with Gasteiger partial charge < -0.3 is 9.15 Å². The first kappa shape index (κ1) is 11.3. The summed E-state index contributed by atoms with van der Waals surface area (Å²) in [5, 5.41) is 7.45. The van der Waals surface area contributed by atoms with Gasteiger partial charge in [0.1, 0.15) is 12.2 Å². The van der Waals surface area contributed by atoms with Gasteiger partial charge in [-0.2, -0.15) is 0 Å². The molecule has 0 N–H and O–H groups in total. The van der Waals surface area contributed by atoms with Gasteiger partial charge in [0.25, 0.3) is 0 Å². The first-order valence-electron chi connectivity index (χ1n) is 4.84. The van der Waals surface area contributed by atoms with Crippen LogP contribution in [0, 0.1) is 5.82 Å². The van der Waals surface area contributed by atoms with E-state index in [1.54, 1.807) is 0 Å². The molecule has 6 heteroatoms. The van der Waals surface area contributed by atoms with Crippen molar-refractivity contribution in [3.8, 4) is 11.5 Å². The summed E-state index contributed by atoms with van der Waals surface area (Å²) in [5.74, 6) is -0.401. The van der Waals surface area contributed by atoms with Gasteiger partial charge in [0.05, 0.1) is 7.11 Å². The molecule has 0 saturated carbocycles. The van der Waals surface area contributed by atoms with E-state index in [2.05, 4.69) is 14.9 Å². The highest BCUT2D eigenvalue weighted by molar-refractivity contribution is 5.71. The molecule has 0 spiro atoms. The van der Waals surface area contributed by atoms with E-state index >= 15 is 0 Å². The number of hydrogen-bond donors (Lipinski definition) is 0. The fourth-order valence-corrected chi connectivity index (χ4v) is 1.23. The molecule has 5 nitrogen and oxygen atoms in total. The van der Waals surface area contributed by atoms with Crippen molar-refractivity contribution in [2.75, 3.05) is 7.11 Å². The number of ether oxygens (including phenoxy) is 1. The van der Waals surface area contributed by atoms with Gasteiger partial charge in [-0.05, 0) is 24.3 Å². The van der Waals surface area contributed by atoms with Crippen LogP contribution in [0.1, 0.15) is 5.89 Å². The average Bonchev–Trinajstić information content (AvgIpc) is 2.78. The Labute approximate surface area is 96.2 Å². The molecule has 0 aliphatic rings. The molecular weight excluding hydrogens is 227 g/mol. The number of nitrogens with zero attached hydrogens (tertiary/aromatic N) is 2. The zero-order valence-electron chi connectivity index (χ0n) is 9.01. The molecule has 2 rings (SSSR count). The third-order valence-corrected chi connectivity index (χ3v) is 2.08. The van der Waals surface area contributed by atoms with E-state index in [0.29, 0.717) is 5.56 Å². The highest BCUT2D eigenvalue weighted by Gasteiger charge is 2.12. The van der Waals surface area contributed by atoms with E-state index in [1.165, 1.54) is 31.4 Å². The van der Waals surface area contributed by atoms with Crippen molar-refractivity contribution in [3.05, 3.63) is 36.0 Å². The predicted molar refractivity (Wildman–Crippen MR) is 55.4 cm³/mol. The second-order valence-electron chi connectivity index (χ2n) is 3.26. The number of rotatable bonds is 3. The predicted octanol–water partition coefficient (Wildman–Crippen LogP) is 1.59. The first-order chi connectivity index (χ1) is 8.19. The van der Waals surface area contributed by atoms with Crippen molar-refractivity contribution in [2.45, 2.75) is 6.42 Å². The van der Waals surface area contributed by atoms with Crippen LogP contribution in [-0.2, 0) is 16.0 Å². The van der Waals surface area contributed by atoms with Gasteiger partial charge in [-0.3, -0.25) is 4.79 Å². The van der Waals surface area contributed by atoms with Gasteiger partial charge in [0.15, 0.2) is 0 Å². The van der Waals surface area contributed by atoms with Crippen LogP contribution in [0.4, 0.5) is 4.39 Å². The number of esters is 1. The van der Waals surface area contributed by atoms with Crippen molar-refractivity contribution < 1.29 is 18.3 Å². The van der Waals surface area contributed by atoms with Crippen molar-refractivity contribution in [2.24, 2.45) is 0 Å². The largest absolute Gasteiger partial charge is 0.469 e. The summed E-state index contributed by atoms with van der Waals surface area (Å²) in [6, 6.07) is 5.62. The second-order valence-corrected chi connectivity index (χ2v) is 3.26. The molecule has 0 amide bonds. The number of methoxy groups -OCH3 is 1. The summed E-state index contributed by atoms with van der Waals surface area (Å²) < 4.78 is 22.4. The molecule has 0 saturated heterocycles. The fraction of sp³-hybridized carbons (Fsp3) is 0.182. The molecule has 17 heavy (non-hydrogen) atoms. The Bertz CT molecular complexity index is 522. The maximum Gasteiger partial charge on any atom is 0.315 e. The minimum Gasteiger partial charge on any atom is -0.469 e. The smallest absolute Gasteiger partial charge is 0.315 e. The zero-order valence-corrected chi connectivity index (χ0v) is 9.01. The molecule has 0 radical (unpaired) electrons. The Hall–Kier alpha value is -2.24. The van der Waals surface area contributed by atoms with Crippen LogP contribution in [0.3, 0.4) is 0 Å². The fourth-order valence-electron chi connectivity index (χ4n) is 1.23. The minimum atomic E-state index is -0.459. The molecule has 0 fully saturated rings. The van der Waals surface area contributed by atoms with Crippen LogP contribution >= 0.6 is 0 Å². The number of hydrogen-bond acceptors (Lipinski definition) is 5. The van der Waals surface area contributed by atoms with Gasteiger partial charge in [-0.15, -0.1) is 10.2 Å². The van der Waals surface area contributed by atoms with E-state index in [0.717, 1.165) is 0 Å². The Morgan fingerprint density at radius 3 is 2.71 bits per heavy atom. The summed E-state index contributed by atoms with van der Waals surface area (Å²) in [4.78, 5) is 11.0. The summed E-state index contributed by atoms with van der Waals surface area (Å²) in [5.41, 5.74) is 0.593. The summed E-state index contributed by atoms with van der Waals surface area (Å²) >= 11 is 0. The lowest BCUT2D eigenvalue weighted by atomic mass is 10.2. The molecule has 1 heterocycles. The van der Waals surface area contributed by atoms with Gasteiger partial charge in [-0.25, -0.2) is 4.39 Å². The Morgan fingerprint density at radius 2 is 2.06 bits per heavy atom. The maximum absolute atomic E-state index is 12.7. The minimum absolute atomic E-state index is 0.0787. The second kappa shape index (κ2) is 4.73. The number of benzene rings is 1. The number of halogens is 1. The third kappa shape index (κ3) is 2.66. The van der Waals surface area contributed by atoms with E-state index in [4.69, 9.17) is 4.42 Å². The van der Waals surface area contributed by atoms with Crippen molar-refractivity contribution in [1.82, 2.24) is 10.2 Å². The highest BCUT2D eigenvalue weighted by Crippen LogP contribution is 2.18. The molecule has 0 aliphatic carbocycles. The van der Waals surface area contributed by atoms with Gasteiger partial charge >= 0.3 is 5.97 Å². The molecule has 1 aromatic carbocycles. The van der Waals surface area contributed by atoms with Crippen LogP contribution in [0.2, 0.25) is 0 Å². The summed E-state index contributed by atoms with van der Waals surface area (Å²) in [6.45, 7) is 0. The molecule has 0 unspecified atom stereocenters. The zero-order chi connectivity index (χ0) is 12.3. The SMILES string of the molecule is COC(=O)Cc1nnc(-c2ccc(F)cc2)o1. The topological polar surface area (TPSA) is 65.2 Å². The van der Waals surface area contributed by atoms with Gasteiger partial charge in [0, 0.05) is 5.56 Å². The lowest BCUT2D eigenvalue weighted by Gasteiger charge is -1.94. The Kier molecular flexibility index (Phi) is 3.13. The van der Waals surface area contributed by atoms with E-state index in [1.807, 2.05) is 0 Å². The summed E-state index contributed by atoms with van der Waals surface area (Å²) in [6.07, 6.45) is -0.0787. The summed E-state index contributed by atoms with van der Waals surface area (Å²) in [7, 11) is 1.28. The Balaban J connectivity index is 2.18. The van der Waals surface area contributed by atoms with Crippen LogP contribution in [0.15, 0.2) is 28.7 Å². The Morgan fingerprint density at radius 1 is 1.35 bits per heavy atom. The molecule has 88 valence electrons. The van der Waals surface area contributed by atoms with E-state index < -0.39 is 5.97 Å². The van der Waals surface area contributed by atoms with Gasteiger partial charge in [-0.1, -0.05) is 0 Å². The normalized spacial score (nSPS) is 10.2. The first-order valence-corrected chi connectivity index (χ1v) is 4.84. The molecule has 0 bridgehead atoms. The van der Waals surface area contributed by atoms with E-state index in [-0.39, 0.29) is 24.0 Å². The quantitative estimate of drug-likeness (QED) is 0.757. The lowest BCUT2D eigenvalue weighted by molar-refractivity contribution is -0.140. The maximum atomic E-state index is 12.7. The molecular formula is C11H9FN2O3. The van der Waals surface area contributed by atoms with Crippen LogP contribution in [-0.4, -0.2) is 23.3 Å². The van der Waals surface area contributed by atoms with E-state index in [9.17, 15) is 9.18 Å². The average molecular weight is 236 g/mol.